The number of hydrogen-bond acceptors (Lipinski definition) is 5. The van der Waals surface area contributed by atoms with E-state index in [1.165, 1.54) is 16.2 Å². The van der Waals surface area contributed by atoms with Crippen LogP contribution in [0.5, 0.6) is 0 Å². The molecular formula is C7H3Cl3N4O2S. The fourth-order valence-electron chi connectivity index (χ4n) is 1.22. The Balaban J connectivity index is 2.55. The van der Waals surface area contributed by atoms with Crippen LogP contribution in [0.3, 0.4) is 0 Å². The summed E-state index contributed by atoms with van der Waals surface area (Å²) in [5.74, 6) is 0. The number of benzene rings is 1. The Morgan fingerprint density at radius 3 is 2.71 bits per heavy atom. The second-order valence-corrected chi connectivity index (χ2v) is 7.00. The summed E-state index contributed by atoms with van der Waals surface area (Å²) in [7, 11) is 0. The van der Waals surface area contributed by atoms with Crippen molar-refractivity contribution >= 4 is 63.5 Å². The Bertz CT molecular complexity index is 582. The SMILES string of the molecule is O=[N+]([O-])c1cccc2c1nnn2SC(Cl)(Cl)Cl. The van der Waals surface area contributed by atoms with E-state index >= 15 is 0 Å². The monoisotopic (exact) mass is 312 g/mol. The third kappa shape index (κ3) is 2.74. The van der Waals surface area contributed by atoms with Gasteiger partial charge < -0.3 is 0 Å². The number of non-ortho nitro benzene ring substituents is 1. The van der Waals surface area contributed by atoms with E-state index in [9.17, 15) is 10.1 Å². The van der Waals surface area contributed by atoms with Crippen LogP contribution in [0.25, 0.3) is 11.0 Å². The molecule has 1 aromatic carbocycles. The van der Waals surface area contributed by atoms with Crippen molar-refractivity contribution in [2.24, 2.45) is 0 Å². The Morgan fingerprint density at radius 1 is 1.41 bits per heavy atom. The zero-order valence-electron chi connectivity index (χ0n) is 7.88. The number of fused-ring (bicyclic) bond motifs is 1. The maximum atomic E-state index is 10.8. The highest BCUT2D eigenvalue weighted by atomic mass is 35.6. The summed E-state index contributed by atoms with van der Waals surface area (Å²) in [6.45, 7) is 0. The second kappa shape index (κ2) is 4.49. The van der Waals surface area contributed by atoms with Crippen LogP contribution in [0.4, 0.5) is 5.69 Å². The molecule has 0 aliphatic heterocycles. The van der Waals surface area contributed by atoms with Crippen molar-refractivity contribution in [2.75, 3.05) is 0 Å². The Hall–Kier alpha value is -0.760. The van der Waals surface area contributed by atoms with Crippen molar-refractivity contribution in [1.29, 1.82) is 0 Å². The van der Waals surface area contributed by atoms with Crippen molar-refractivity contribution in [3.63, 3.8) is 0 Å². The molecule has 2 aromatic rings. The van der Waals surface area contributed by atoms with E-state index in [1.54, 1.807) is 6.07 Å². The largest absolute Gasteiger partial charge is 0.299 e. The van der Waals surface area contributed by atoms with Gasteiger partial charge in [0.05, 0.1) is 4.92 Å². The lowest BCUT2D eigenvalue weighted by Gasteiger charge is -2.08. The summed E-state index contributed by atoms with van der Waals surface area (Å²) in [5.41, 5.74) is 0.424. The number of rotatable bonds is 2. The van der Waals surface area contributed by atoms with Gasteiger partial charge >= 0.3 is 0 Å². The smallest absolute Gasteiger partial charge is 0.258 e. The minimum absolute atomic E-state index is 0.140. The van der Waals surface area contributed by atoms with E-state index in [0.29, 0.717) is 5.52 Å². The van der Waals surface area contributed by atoms with Crippen molar-refractivity contribution in [3.05, 3.63) is 28.3 Å². The highest BCUT2D eigenvalue weighted by Crippen LogP contribution is 2.40. The molecule has 2 rings (SSSR count). The van der Waals surface area contributed by atoms with Gasteiger partial charge in [-0.25, -0.2) is 0 Å². The van der Waals surface area contributed by atoms with Gasteiger partial charge in [-0.2, -0.15) is 4.09 Å². The quantitative estimate of drug-likeness (QED) is 0.483. The third-order valence-corrected chi connectivity index (χ3v) is 3.08. The van der Waals surface area contributed by atoms with E-state index in [0.717, 1.165) is 11.9 Å². The van der Waals surface area contributed by atoms with Gasteiger partial charge in [-0.15, -0.1) is 5.10 Å². The first-order valence-corrected chi connectivity index (χ1v) is 6.04. The van der Waals surface area contributed by atoms with Crippen LogP contribution >= 0.6 is 46.8 Å². The molecular weight excluding hydrogens is 311 g/mol. The van der Waals surface area contributed by atoms with Crippen LogP contribution in [-0.4, -0.2) is 22.4 Å². The van der Waals surface area contributed by atoms with Crippen LogP contribution in [-0.2, 0) is 0 Å². The van der Waals surface area contributed by atoms with Crippen LogP contribution in [0.1, 0.15) is 0 Å². The van der Waals surface area contributed by atoms with Gasteiger partial charge in [0.25, 0.3) is 8.81 Å². The molecule has 0 N–H and O–H groups in total. The number of nitro groups is 1. The lowest BCUT2D eigenvalue weighted by atomic mass is 10.3. The average molecular weight is 314 g/mol. The molecule has 0 saturated heterocycles. The average Bonchev–Trinajstić information content (AvgIpc) is 2.59. The maximum absolute atomic E-state index is 10.8. The van der Waals surface area contributed by atoms with Gasteiger partial charge in [-0.05, 0) is 6.07 Å². The number of halogens is 3. The summed E-state index contributed by atoms with van der Waals surface area (Å²) in [6.07, 6.45) is 0. The molecule has 0 atom stereocenters. The third-order valence-electron chi connectivity index (χ3n) is 1.81. The first-order chi connectivity index (χ1) is 7.88. The Labute approximate surface area is 114 Å². The zero-order valence-corrected chi connectivity index (χ0v) is 11.0. The maximum Gasteiger partial charge on any atom is 0.299 e. The number of aromatic nitrogens is 3. The first kappa shape index (κ1) is 12.7. The molecule has 0 aliphatic rings. The molecule has 0 aliphatic carbocycles. The van der Waals surface area contributed by atoms with E-state index in [4.69, 9.17) is 34.8 Å². The van der Waals surface area contributed by atoms with E-state index in [-0.39, 0.29) is 11.2 Å². The predicted octanol–water partition coefficient (Wildman–Crippen LogP) is 3.16. The fraction of sp³-hybridized carbons (Fsp3) is 0.143. The minimum atomic E-state index is -1.62. The topological polar surface area (TPSA) is 73.8 Å². The molecule has 0 unspecified atom stereocenters. The molecule has 0 spiro atoms. The van der Waals surface area contributed by atoms with Crippen LogP contribution in [0.15, 0.2) is 18.2 Å². The van der Waals surface area contributed by atoms with Gasteiger partial charge in [-0.3, -0.25) is 10.1 Å². The number of nitrogens with zero attached hydrogens (tertiary/aromatic N) is 4. The van der Waals surface area contributed by atoms with Gasteiger partial charge in [0.2, 0.25) is 0 Å². The van der Waals surface area contributed by atoms with Gasteiger partial charge in [0, 0.05) is 18.0 Å². The van der Waals surface area contributed by atoms with Crippen LogP contribution in [0, 0.1) is 10.1 Å². The normalized spacial score (nSPS) is 11.9. The van der Waals surface area contributed by atoms with Crippen molar-refractivity contribution < 1.29 is 4.92 Å². The van der Waals surface area contributed by atoms with Crippen molar-refractivity contribution in [1.82, 2.24) is 14.4 Å². The van der Waals surface area contributed by atoms with E-state index < -0.39 is 8.05 Å². The molecule has 0 bridgehead atoms. The second-order valence-electron chi connectivity index (χ2n) is 2.90. The molecule has 0 radical (unpaired) electrons. The molecule has 0 amide bonds. The van der Waals surface area contributed by atoms with Crippen molar-refractivity contribution in [2.45, 2.75) is 3.12 Å². The molecule has 1 heterocycles. The molecule has 17 heavy (non-hydrogen) atoms. The summed E-state index contributed by atoms with van der Waals surface area (Å²) >= 11 is 17.6. The fourth-order valence-corrected chi connectivity index (χ4v) is 2.33. The lowest BCUT2D eigenvalue weighted by Crippen LogP contribution is -2.01. The number of hydrogen-bond donors (Lipinski definition) is 0. The van der Waals surface area contributed by atoms with Gasteiger partial charge in [0.1, 0.15) is 5.52 Å². The van der Waals surface area contributed by atoms with E-state index in [1.807, 2.05) is 0 Å². The summed E-state index contributed by atoms with van der Waals surface area (Å²) in [5, 5.41) is 18.1. The number of nitro benzene ring substituents is 1. The zero-order chi connectivity index (χ0) is 12.6. The first-order valence-electron chi connectivity index (χ1n) is 4.13. The molecule has 6 nitrogen and oxygen atoms in total. The lowest BCUT2D eigenvalue weighted by molar-refractivity contribution is -0.383. The Kier molecular flexibility index (Phi) is 3.35. The molecule has 0 saturated carbocycles. The molecule has 0 fully saturated rings. The predicted molar refractivity (Wildman–Crippen MR) is 67.5 cm³/mol. The molecule has 1 aromatic heterocycles. The Morgan fingerprint density at radius 2 is 2.12 bits per heavy atom. The standard InChI is InChI=1S/C7H3Cl3N4O2S/c8-7(9,10)17-13-4-2-1-3-5(14(15)16)6(4)11-12-13/h1-3H. The number of alkyl halides is 3. The highest BCUT2D eigenvalue weighted by Gasteiger charge is 2.25. The van der Waals surface area contributed by atoms with Crippen LogP contribution in [0.2, 0.25) is 0 Å². The highest BCUT2D eigenvalue weighted by molar-refractivity contribution is 8.03. The molecule has 90 valence electrons. The van der Waals surface area contributed by atoms with Crippen LogP contribution < -0.4 is 0 Å². The summed E-state index contributed by atoms with van der Waals surface area (Å²) in [4.78, 5) is 10.2. The van der Waals surface area contributed by atoms with Crippen molar-refractivity contribution in [3.8, 4) is 0 Å². The minimum Gasteiger partial charge on any atom is -0.258 e. The van der Waals surface area contributed by atoms with E-state index in [2.05, 4.69) is 10.3 Å². The summed E-state index contributed by atoms with van der Waals surface area (Å²) < 4.78 is -0.388. The molecule has 10 heteroatoms. The van der Waals surface area contributed by atoms with Gasteiger partial charge in [-0.1, -0.05) is 46.1 Å². The van der Waals surface area contributed by atoms with Gasteiger partial charge in [0.15, 0.2) is 5.52 Å². The summed E-state index contributed by atoms with van der Waals surface area (Å²) in [6, 6.07) is 4.45.